The summed E-state index contributed by atoms with van der Waals surface area (Å²) in [4.78, 5) is 14.7. The number of likely N-dealkylation sites (tertiary alicyclic amines) is 1. The van der Waals surface area contributed by atoms with Gasteiger partial charge >= 0.3 is 0 Å². The number of likely N-dealkylation sites (N-methyl/N-ethyl adjacent to an activating group) is 1. The Morgan fingerprint density at radius 3 is 2.70 bits per heavy atom. The van der Waals surface area contributed by atoms with E-state index in [1.165, 1.54) is 11.3 Å². The summed E-state index contributed by atoms with van der Waals surface area (Å²) in [5, 5.41) is 3.61. The molecule has 2 heterocycles. The normalized spacial score (nSPS) is 32.0. The Hall–Kier alpha value is -1.35. The molecule has 1 fully saturated rings. The number of fused-ring (bicyclic) bond motifs is 3. The number of hydrogen-bond acceptors (Lipinski definition) is 3. The minimum Gasteiger partial charge on any atom is -0.369 e. The summed E-state index contributed by atoms with van der Waals surface area (Å²) in [6.45, 7) is 6.47. The van der Waals surface area contributed by atoms with Gasteiger partial charge in [0.1, 0.15) is 5.78 Å². The smallest absolute Gasteiger partial charge is 0.150 e. The number of rotatable bonds is 3. The quantitative estimate of drug-likeness (QED) is 0.917. The summed E-state index contributed by atoms with van der Waals surface area (Å²) in [6, 6.07) is 8.60. The molecule has 3 rings (SSSR count). The van der Waals surface area contributed by atoms with Crippen LogP contribution in [0.1, 0.15) is 38.7 Å². The van der Waals surface area contributed by atoms with E-state index in [1.807, 2.05) is 6.92 Å². The number of hydrogen-bond donors (Lipinski definition) is 1. The van der Waals surface area contributed by atoms with E-state index in [2.05, 4.69) is 55.4 Å². The van der Waals surface area contributed by atoms with Gasteiger partial charge in [-0.1, -0.05) is 39.0 Å². The SMILES string of the molecule is CCC(=O)C1C(C(C)C)C2c3ccccc3NC2N1C. The molecule has 0 saturated carbocycles. The number of anilines is 1. The van der Waals surface area contributed by atoms with Crippen LogP contribution in [0.3, 0.4) is 0 Å². The molecule has 0 spiro atoms. The summed E-state index contributed by atoms with van der Waals surface area (Å²) >= 11 is 0. The highest BCUT2D eigenvalue weighted by atomic mass is 16.1. The summed E-state index contributed by atoms with van der Waals surface area (Å²) in [6.07, 6.45) is 0.888. The predicted molar refractivity (Wildman–Crippen MR) is 81.8 cm³/mol. The maximum absolute atomic E-state index is 12.4. The van der Waals surface area contributed by atoms with E-state index in [4.69, 9.17) is 0 Å². The lowest BCUT2D eigenvalue weighted by Crippen LogP contribution is -2.43. The molecule has 0 aliphatic carbocycles. The third-order valence-electron chi connectivity index (χ3n) is 5.07. The van der Waals surface area contributed by atoms with Gasteiger partial charge in [0.25, 0.3) is 0 Å². The molecule has 4 unspecified atom stereocenters. The van der Waals surface area contributed by atoms with E-state index in [0.29, 0.717) is 30.0 Å². The van der Waals surface area contributed by atoms with E-state index < -0.39 is 0 Å². The Kier molecular flexibility index (Phi) is 3.33. The lowest BCUT2D eigenvalue weighted by atomic mass is 9.77. The molecule has 4 atom stereocenters. The van der Waals surface area contributed by atoms with Crippen LogP contribution in [0.15, 0.2) is 24.3 Å². The zero-order valence-electron chi connectivity index (χ0n) is 12.8. The van der Waals surface area contributed by atoms with Crippen molar-refractivity contribution < 1.29 is 4.79 Å². The van der Waals surface area contributed by atoms with Crippen molar-refractivity contribution >= 4 is 11.5 Å². The van der Waals surface area contributed by atoms with Crippen molar-refractivity contribution in [2.45, 2.75) is 45.3 Å². The van der Waals surface area contributed by atoms with Crippen LogP contribution in [-0.4, -0.2) is 29.9 Å². The van der Waals surface area contributed by atoms with Gasteiger partial charge in [-0.05, 0) is 30.5 Å². The first-order valence-electron chi connectivity index (χ1n) is 7.66. The van der Waals surface area contributed by atoms with Crippen molar-refractivity contribution in [1.82, 2.24) is 4.90 Å². The van der Waals surface area contributed by atoms with Crippen molar-refractivity contribution in [2.75, 3.05) is 12.4 Å². The number of nitrogens with zero attached hydrogens (tertiary/aromatic N) is 1. The summed E-state index contributed by atoms with van der Waals surface area (Å²) in [5.41, 5.74) is 2.62. The molecule has 1 aromatic rings. The van der Waals surface area contributed by atoms with Gasteiger partial charge in [-0.25, -0.2) is 0 Å². The van der Waals surface area contributed by atoms with Crippen LogP contribution in [0.25, 0.3) is 0 Å². The van der Waals surface area contributed by atoms with Gasteiger partial charge in [0.05, 0.1) is 12.2 Å². The maximum Gasteiger partial charge on any atom is 0.150 e. The Labute approximate surface area is 121 Å². The Balaban J connectivity index is 2.04. The molecule has 1 N–H and O–H groups in total. The fourth-order valence-electron chi connectivity index (χ4n) is 4.18. The summed E-state index contributed by atoms with van der Waals surface area (Å²) in [5.74, 6) is 1.70. The number of carbonyl (C=O) groups excluding carboxylic acids is 1. The predicted octanol–water partition coefficient (Wildman–Crippen LogP) is 3.09. The molecule has 2 aliphatic rings. The van der Waals surface area contributed by atoms with Gasteiger partial charge in [-0.15, -0.1) is 0 Å². The number of Topliss-reactive ketones (excluding diaryl/α,β-unsaturated/α-hetero) is 1. The molecule has 0 radical (unpaired) electrons. The first-order chi connectivity index (χ1) is 9.56. The number of ketones is 1. The number of para-hydroxylation sites is 1. The van der Waals surface area contributed by atoms with Crippen LogP contribution >= 0.6 is 0 Å². The molecule has 0 amide bonds. The molecule has 3 heteroatoms. The van der Waals surface area contributed by atoms with Crippen LogP contribution in [0.5, 0.6) is 0 Å². The van der Waals surface area contributed by atoms with Crippen molar-refractivity contribution in [3.63, 3.8) is 0 Å². The van der Waals surface area contributed by atoms with Crippen molar-refractivity contribution in [2.24, 2.45) is 11.8 Å². The minimum absolute atomic E-state index is 0.0517. The van der Waals surface area contributed by atoms with Gasteiger partial charge in [0.15, 0.2) is 0 Å². The molecule has 108 valence electrons. The van der Waals surface area contributed by atoms with Crippen molar-refractivity contribution in [3.8, 4) is 0 Å². The first-order valence-corrected chi connectivity index (χ1v) is 7.66. The molecule has 0 bridgehead atoms. The Morgan fingerprint density at radius 2 is 2.05 bits per heavy atom. The summed E-state index contributed by atoms with van der Waals surface area (Å²) in [7, 11) is 2.09. The molecular weight excluding hydrogens is 248 g/mol. The van der Waals surface area contributed by atoms with E-state index in [-0.39, 0.29) is 12.2 Å². The van der Waals surface area contributed by atoms with Gasteiger partial charge in [-0.3, -0.25) is 9.69 Å². The van der Waals surface area contributed by atoms with Gasteiger partial charge in [0, 0.05) is 18.0 Å². The average Bonchev–Trinajstić information content (AvgIpc) is 2.94. The van der Waals surface area contributed by atoms with E-state index >= 15 is 0 Å². The van der Waals surface area contributed by atoms with Crippen molar-refractivity contribution in [1.29, 1.82) is 0 Å². The highest BCUT2D eigenvalue weighted by Gasteiger charge is 2.54. The fraction of sp³-hybridized carbons (Fsp3) is 0.588. The Morgan fingerprint density at radius 1 is 1.35 bits per heavy atom. The van der Waals surface area contributed by atoms with E-state index in [9.17, 15) is 4.79 Å². The van der Waals surface area contributed by atoms with Crippen LogP contribution < -0.4 is 5.32 Å². The fourth-order valence-corrected chi connectivity index (χ4v) is 4.18. The zero-order valence-corrected chi connectivity index (χ0v) is 12.8. The zero-order chi connectivity index (χ0) is 14.4. The molecule has 20 heavy (non-hydrogen) atoms. The Bertz CT molecular complexity index is 525. The number of carbonyl (C=O) groups is 1. The van der Waals surface area contributed by atoms with E-state index in [0.717, 1.165) is 0 Å². The second kappa shape index (κ2) is 4.88. The second-order valence-corrected chi connectivity index (χ2v) is 6.45. The minimum atomic E-state index is 0.0517. The third-order valence-corrected chi connectivity index (χ3v) is 5.07. The van der Waals surface area contributed by atoms with Gasteiger partial charge < -0.3 is 5.32 Å². The molecule has 1 aromatic carbocycles. The largest absolute Gasteiger partial charge is 0.369 e. The first kappa shape index (κ1) is 13.6. The van der Waals surface area contributed by atoms with Gasteiger partial charge in [0.2, 0.25) is 0 Å². The standard InChI is InChI=1S/C17H24N2O/c1-5-13(20)16-14(10(2)3)15-11-8-6-7-9-12(11)18-17(15)19(16)4/h6-10,14-18H,5H2,1-4H3. The highest BCUT2D eigenvalue weighted by Crippen LogP contribution is 2.51. The van der Waals surface area contributed by atoms with Crippen LogP contribution in [0, 0.1) is 11.8 Å². The van der Waals surface area contributed by atoms with Crippen LogP contribution in [0.2, 0.25) is 0 Å². The molecule has 0 aromatic heterocycles. The number of benzene rings is 1. The maximum atomic E-state index is 12.4. The van der Waals surface area contributed by atoms with Crippen LogP contribution in [0.4, 0.5) is 5.69 Å². The topological polar surface area (TPSA) is 32.3 Å². The lowest BCUT2D eigenvalue weighted by molar-refractivity contribution is -0.124. The number of nitrogens with one attached hydrogen (secondary N) is 1. The lowest BCUT2D eigenvalue weighted by Gasteiger charge is -2.29. The molecule has 2 aliphatic heterocycles. The molecular formula is C17H24N2O. The highest BCUT2D eigenvalue weighted by molar-refractivity contribution is 5.85. The average molecular weight is 272 g/mol. The van der Waals surface area contributed by atoms with E-state index in [1.54, 1.807) is 0 Å². The van der Waals surface area contributed by atoms with Crippen LogP contribution in [-0.2, 0) is 4.79 Å². The third kappa shape index (κ3) is 1.80. The molecule has 3 nitrogen and oxygen atoms in total. The van der Waals surface area contributed by atoms with Crippen molar-refractivity contribution in [3.05, 3.63) is 29.8 Å². The summed E-state index contributed by atoms with van der Waals surface area (Å²) < 4.78 is 0. The molecule has 1 saturated heterocycles. The monoisotopic (exact) mass is 272 g/mol. The van der Waals surface area contributed by atoms with Gasteiger partial charge in [-0.2, -0.15) is 0 Å². The second-order valence-electron chi connectivity index (χ2n) is 6.45.